The number of aliphatic imine (C=N–C) groups is 1. The Bertz CT molecular complexity index is 515. The van der Waals surface area contributed by atoms with E-state index in [-0.39, 0.29) is 5.75 Å². The quantitative estimate of drug-likeness (QED) is 0.666. The Morgan fingerprint density at radius 1 is 1.44 bits per heavy atom. The molecule has 0 bridgehead atoms. The molecule has 2 rings (SSSR count). The van der Waals surface area contributed by atoms with Crippen LogP contribution in [0.3, 0.4) is 0 Å². The van der Waals surface area contributed by atoms with E-state index in [1.54, 1.807) is 12.1 Å². The number of aromatic hydroxyl groups is 1. The van der Waals surface area contributed by atoms with Crippen LogP contribution in [0, 0.1) is 0 Å². The van der Waals surface area contributed by atoms with E-state index < -0.39 is 5.54 Å². The van der Waals surface area contributed by atoms with Crippen LogP contribution in [-0.2, 0) is 10.3 Å². The molecule has 0 heterocycles. The van der Waals surface area contributed by atoms with Gasteiger partial charge in [0.1, 0.15) is 11.3 Å². The third kappa shape index (κ3) is 2.05. The van der Waals surface area contributed by atoms with Gasteiger partial charge in [0, 0.05) is 5.56 Å². The highest BCUT2D eigenvalue weighted by atomic mass is 35.5. The minimum atomic E-state index is -0.611. The second-order valence-corrected chi connectivity index (χ2v) is 5.55. The van der Waals surface area contributed by atoms with Crippen molar-refractivity contribution in [3.63, 3.8) is 0 Å². The lowest BCUT2D eigenvalue weighted by Crippen LogP contribution is -2.32. The number of carbonyl (C=O) groups excluding carboxylic acids is 1. The van der Waals surface area contributed by atoms with Crippen LogP contribution in [0.5, 0.6) is 5.75 Å². The average molecular weight is 266 g/mol. The second kappa shape index (κ2) is 4.75. The topological polar surface area (TPSA) is 49.7 Å². The fourth-order valence-electron chi connectivity index (χ4n) is 2.35. The van der Waals surface area contributed by atoms with E-state index in [0.717, 1.165) is 24.8 Å². The van der Waals surface area contributed by atoms with Gasteiger partial charge in [0.05, 0.1) is 5.02 Å². The van der Waals surface area contributed by atoms with Gasteiger partial charge in [-0.1, -0.05) is 25.4 Å². The molecule has 1 saturated carbocycles. The van der Waals surface area contributed by atoms with Gasteiger partial charge in [-0.2, -0.15) is 4.99 Å². The van der Waals surface area contributed by atoms with Gasteiger partial charge in [0.2, 0.25) is 6.08 Å². The summed E-state index contributed by atoms with van der Waals surface area (Å²) in [6, 6.07) is 3.67. The van der Waals surface area contributed by atoms with Gasteiger partial charge < -0.3 is 5.11 Å². The fraction of sp³-hybridized carbons (Fsp3) is 0.500. The van der Waals surface area contributed by atoms with Crippen LogP contribution in [0.15, 0.2) is 17.1 Å². The van der Waals surface area contributed by atoms with Crippen LogP contribution in [-0.4, -0.2) is 11.2 Å². The first kappa shape index (κ1) is 13.1. The van der Waals surface area contributed by atoms with E-state index >= 15 is 0 Å². The Labute approximate surface area is 111 Å². The maximum Gasteiger partial charge on any atom is 0.235 e. The average Bonchev–Trinajstić information content (AvgIpc) is 2.27. The monoisotopic (exact) mass is 265 g/mol. The molecule has 3 nitrogen and oxygen atoms in total. The van der Waals surface area contributed by atoms with Crippen LogP contribution < -0.4 is 0 Å². The van der Waals surface area contributed by atoms with E-state index in [1.807, 2.05) is 6.07 Å². The van der Waals surface area contributed by atoms with Crippen LogP contribution >= 0.6 is 11.6 Å². The summed E-state index contributed by atoms with van der Waals surface area (Å²) in [5.41, 5.74) is 1.09. The lowest BCUT2D eigenvalue weighted by Gasteiger charge is -2.38. The van der Waals surface area contributed by atoms with Crippen molar-refractivity contribution in [1.82, 2.24) is 0 Å². The highest BCUT2D eigenvalue weighted by molar-refractivity contribution is 6.32. The molecule has 1 N–H and O–H groups in total. The molecule has 0 spiro atoms. The molecule has 0 aromatic heterocycles. The van der Waals surface area contributed by atoms with E-state index in [1.165, 1.54) is 0 Å². The number of rotatable bonds is 3. The van der Waals surface area contributed by atoms with Crippen molar-refractivity contribution in [2.45, 2.75) is 44.6 Å². The zero-order chi connectivity index (χ0) is 13.3. The Hall–Kier alpha value is -1.31. The molecule has 0 atom stereocenters. The van der Waals surface area contributed by atoms with Gasteiger partial charge >= 0.3 is 0 Å². The molecular formula is C14H16ClNO2. The standard InChI is InChI=1S/C14H16ClNO2/c1-9(2)10-6-11(13(18)12(15)7-10)14(16-8-17)4-3-5-14/h6-7,9,18H,3-5H2,1-2H3. The molecule has 1 fully saturated rings. The van der Waals surface area contributed by atoms with E-state index in [9.17, 15) is 9.90 Å². The molecule has 1 aromatic rings. The normalized spacial score (nSPS) is 17.1. The van der Waals surface area contributed by atoms with Gasteiger partial charge in [-0.15, -0.1) is 0 Å². The first-order chi connectivity index (χ1) is 8.50. The lowest BCUT2D eigenvalue weighted by atomic mass is 9.71. The summed E-state index contributed by atoms with van der Waals surface area (Å²) >= 11 is 6.06. The Morgan fingerprint density at radius 3 is 2.56 bits per heavy atom. The number of isocyanates is 1. The predicted molar refractivity (Wildman–Crippen MR) is 70.9 cm³/mol. The van der Waals surface area contributed by atoms with Crippen LogP contribution in [0.25, 0.3) is 0 Å². The van der Waals surface area contributed by atoms with Gasteiger partial charge in [-0.25, -0.2) is 4.79 Å². The largest absolute Gasteiger partial charge is 0.506 e. The predicted octanol–water partition coefficient (Wildman–Crippen LogP) is 3.88. The summed E-state index contributed by atoms with van der Waals surface area (Å²) < 4.78 is 0. The molecular weight excluding hydrogens is 250 g/mol. The maximum absolute atomic E-state index is 10.6. The van der Waals surface area contributed by atoms with Crippen molar-refractivity contribution >= 4 is 17.7 Å². The molecule has 0 saturated heterocycles. The first-order valence-corrected chi connectivity index (χ1v) is 6.50. The zero-order valence-electron chi connectivity index (χ0n) is 10.5. The Morgan fingerprint density at radius 2 is 2.11 bits per heavy atom. The number of hydrogen-bond donors (Lipinski definition) is 1. The van der Waals surface area contributed by atoms with Crippen LogP contribution in [0.2, 0.25) is 5.02 Å². The van der Waals surface area contributed by atoms with E-state index in [4.69, 9.17) is 11.6 Å². The maximum atomic E-state index is 10.6. The van der Waals surface area contributed by atoms with E-state index in [0.29, 0.717) is 16.5 Å². The second-order valence-electron chi connectivity index (χ2n) is 5.14. The summed E-state index contributed by atoms with van der Waals surface area (Å²) in [6.45, 7) is 4.12. The third-order valence-corrected chi connectivity index (χ3v) is 3.98. The van der Waals surface area contributed by atoms with Crippen molar-refractivity contribution in [3.05, 3.63) is 28.3 Å². The fourth-order valence-corrected chi connectivity index (χ4v) is 2.58. The molecule has 1 aliphatic rings. The highest BCUT2D eigenvalue weighted by Crippen LogP contribution is 2.50. The SMILES string of the molecule is CC(C)c1cc(Cl)c(O)c(C2(N=C=O)CCC2)c1. The van der Waals surface area contributed by atoms with Crippen LogP contribution in [0.1, 0.15) is 50.2 Å². The molecule has 4 heteroatoms. The number of phenols is 1. The number of benzene rings is 1. The molecule has 18 heavy (non-hydrogen) atoms. The zero-order valence-corrected chi connectivity index (χ0v) is 11.3. The molecule has 96 valence electrons. The van der Waals surface area contributed by atoms with Crippen molar-refractivity contribution in [2.75, 3.05) is 0 Å². The van der Waals surface area contributed by atoms with Gasteiger partial charge in [-0.05, 0) is 42.9 Å². The molecule has 0 amide bonds. The Kier molecular flexibility index (Phi) is 3.47. The number of nitrogens with zero attached hydrogens (tertiary/aromatic N) is 1. The highest BCUT2D eigenvalue weighted by Gasteiger charge is 2.41. The summed E-state index contributed by atoms with van der Waals surface area (Å²) in [4.78, 5) is 14.5. The molecule has 0 aliphatic heterocycles. The molecule has 1 aromatic carbocycles. The number of phenolic OH excluding ortho intramolecular Hbond substituents is 1. The smallest absolute Gasteiger partial charge is 0.235 e. The van der Waals surface area contributed by atoms with Crippen molar-refractivity contribution in [3.8, 4) is 5.75 Å². The van der Waals surface area contributed by atoms with Crippen molar-refractivity contribution in [1.29, 1.82) is 0 Å². The van der Waals surface area contributed by atoms with Crippen molar-refractivity contribution < 1.29 is 9.90 Å². The minimum Gasteiger partial charge on any atom is -0.506 e. The minimum absolute atomic E-state index is 0.0415. The summed E-state index contributed by atoms with van der Waals surface area (Å²) in [5, 5.41) is 10.4. The number of hydrogen-bond acceptors (Lipinski definition) is 3. The number of halogens is 1. The van der Waals surface area contributed by atoms with Gasteiger partial charge in [0.25, 0.3) is 0 Å². The Balaban J connectivity index is 2.58. The van der Waals surface area contributed by atoms with Crippen molar-refractivity contribution in [2.24, 2.45) is 4.99 Å². The first-order valence-electron chi connectivity index (χ1n) is 6.12. The van der Waals surface area contributed by atoms with E-state index in [2.05, 4.69) is 18.8 Å². The van der Waals surface area contributed by atoms with Gasteiger partial charge in [-0.3, -0.25) is 0 Å². The molecule has 0 radical (unpaired) electrons. The molecule has 0 unspecified atom stereocenters. The van der Waals surface area contributed by atoms with Gasteiger partial charge in [0.15, 0.2) is 0 Å². The lowest BCUT2D eigenvalue weighted by molar-refractivity contribution is 0.247. The summed E-state index contributed by atoms with van der Waals surface area (Å²) in [6.07, 6.45) is 4.13. The summed E-state index contributed by atoms with van der Waals surface area (Å²) in [5.74, 6) is 0.346. The third-order valence-electron chi connectivity index (χ3n) is 3.69. The van der Waals surface area contributed by atoms with Crippen LogP contribution in [0.4, 0.5) is 0 Å². The molecule has 1 aliphatic carbocycles. The summed E-state index contributed by atoms with van der Waals surface area (Å²) in [7, 11) is 0.